The number of esters is 1. The number of ether oxygens (including phenoxy) is 1. The largest absolute Gasteiger partial charge is 0.457 e. The van der Waals surface area contributed by atoms with Crippen LogP contribution in [0.1, 0.15) is 22.8 Å². The van der Waals surface area contributed by atoms with Crippen molar-refractivity contribution in [1.82, 2.24) is 9.78 Å². The fraction of sp³-hybridized carbons (Fsp3) is 0.231. The maximum Gasteiger partial charge on any atom is 0.340 e. The van der Waals surface area contributed by atoms with E-state index in [-0.39, 0.29) is 6.61 Å². The van der Waals surface area contributed by atoms with E-state index in [1.54, 1.807) is 23.0 Å². The van der Waals surface area contributed by atoms with Crippen molar-refractivity contribution >= 4 is 23.3 Å². The van der Waals surface area contributed by atoms with E-state index in [0.29, 0.717) is 16.3 Å². The summed E-state index contributed by atoms with van der Waals surface area (Å²) in [5.41, 5.74) is 7.17. The Kier molecular flexibility index (Phi) is 4.06. The van der Waals surface area contributed by atoms with E-state index >= 15 is 0 Å². The van der Waals surface area contributed by atoms with Gasteiger partial charge in [-0.2, -0.15) is 5.10 Å². The van der Waals surface area contributed by atoms with Gasteiger partial charge in [-0.25, -0.2) is 4.79 Å². The zero-order valence-electron chi connectivity index (χ0n) is 10.5. The number of nitrogen functional groups attached to an aromatic ring is 1. The second-order valence-corrected chi connectivity index (χ2v) is 4.45. The molecule has 0 unspecified atom stereocenters. The minimum absolute atomic E-state index is 0.168. The van der Waals surface area contributed by atoms with Crippen molar-refractivity contribution in [1.29, 1.82) is 0 Å². The van der Waals surface area contributed by atoms with Crippen LogP contribution >= 0.6 is 11.6 Å². The number of halogens is 1. The molecule has 1 heterocycles. The van der Waals surface area contributed by atoms with Crippen LogP contribution in [0.5, 0.6) is 0 Å². The van der Waals surface area contributed by atoms with Gasteiger partial charge in [-0.05, 0) is 25.1 Å². The van der Waals surface area contributed by atoms with Crippen LogP contribution in [0, 0.1) is 0 Å². The lowest BCUT2D eigenvalue weighted by atomic mass is 10.2. The summed E-state index contributed by atoms with van der Waals surface area (Å²) in [4.78, 5) is 11.9. The van der Waals surface area contributed by atoms with Gasteiger partial charge in [0.15, 0.2) is 0 Å². The molecule has 19 heavy (non-hydrogen) atoms. The first-order valence-corrected chi connectivity index (χ1v) is 6.21. The molecule has 0 spiro atoms. The van der Waals surface area contributed by atoms with Crippen LogP contribution in [-0.4, -0.2) is 15.7 Å². The molecule has 6 heteroatoms. The average Bonchev–Trinajstić information content (AvgIpc) is 2.84. The number of hydrogen-bond donors (Lipinski definition) is 1. The van der Waals surface area contributed by atoms with Gasteiger partial charge in [0.25, 0.3) is 0 Å². The molecule has 2 rings (SSSR count). The predicted molar refractivity (Wildman–Crippen MR) is 72.9 cm³/mol. The minimum atomic E-state index is -0.474. The van der Waals surface area contributed by atoms with Crippen molar-refractivity contribution in [3.63, 3.8) is 0 Å². The fourth-order valence-corrected chi connectivity index (χ4v) is 1.78. The molecule has 0 aliphatic rings. The Bertz CT molecular complexity index is 595. The predicted octanol–water partition coefficient (Wildman–Crippen LogP) is 2.50. The van der Waals surface area contributed by atoms with Gasteiger partial charge in [0.05, 0.1) is 11.8 Å². The number of carbonyl (C=O) groups is 1. The molecule has 0 bridgehead atoms. The molecule has 0 radical (unpaired) electrons. The number of aryl methyl sites for hydroxylation is 1. The van der Waals surface area contributed by atoms with Crippen LogP contribution in [0.2, 0.25) is 5.02 Å². The smallest absolute Gasteiger partial charge is 0.340 e. The molecular formula is C13H14ClN3O2. The minimum Gasteiger partial charge on any atom is -0.457 e. The number of aromatic nitrogens is 2. The Balaban J connectivity index is 2.01. The summed E-state index contributed by atoms with van der Waals surface area (Å²) in [6.45, 7) is 2.93. The topological polar surface area (TPSA) is 70.1 Å². The van der Waals surface area contributed by atoms with E-state index in [4.69, 9.17) is 22.1 Å². The van der Waals surface area contributed by atoms with E-state index in [1.165, 1.54) is 6.07 Å². The number of hydrogen-bond acceptors (Lipinski definition) is 4. The van der Waals surface area contributed by atoms with Crippen LogP contribution in [0.15, 0.2) is 30.6 Å². The highest BCUT2D eigenvalue weighted by atomic mass is 35.5. The van der Waals surface area contributed by atoms with E-state index < -0.39 is 5.97 Å². The molecule has 100 valence electrons. The summed E-state index contributed by atoms with van der Waals surface area (Å²) in [7, 11) is 0. The second-order valence-electron chi connectivity index (χ2n) is 4.01. The van der Waals surface area contributed by atoms with E-state index in [1.807, 2.05) is 13.1 Å². The van der Waals surface area contributed by atoms with Crippen molar-refractivity contribution in [2.24, 2.45) is 0 Å². The molecule has 0 fully saturated rings. The van der Waals surface area contributed by atoms with Crippen molar-refractivity contribution in [2.45, 2.75) is 20.1 Å². The molecule has 0 saturated carbocycles. The number of anilines is 1. The summed E-state index contributed by atoms with van der Waals surface area (Å²) in [5, 5.41) is 4.58. The van der Waals surface area contributed by atoms with Gasteiger partial charge in [-0.3, -0.25) is 4.68 Å². The Hall–Kier alpha value is -2.01. The summed E-state index contributed by atoms with van der Waals surface area (Å²) >= 11 is 5.77. The van der Waals surface area contributed by atoms with Crippen molar-refractivity contribution in [3.05, 3.63) is 46.7 Å². The maximum atomic E-state index is 11.9. The monoisotopic (exact) mass is 279 g/mol. The molecule has 5 nitrogen and oxygen atoms in total. The van der Waals surface area contributed by atoms with Gasteiger partial charge in [0.1, 0.15) is 6.61 Å². The summed E-state index contributed by atoms with van der Waals surface area (Å²) in [5.74, 6) is -0.474. The zero-order valence-corrected chi connectivity index (χ0v) is 11.2. The molecule has 2 N–H and O–H groups in total. The lowest BCUT2D eigenvalue weighted by Crippen LogP contribution is -2.08. The van der Waals surface area contributed by atoms with Gasteiger partial charge in [0.2, 0.25) is 0 Å². The third-order valence-electron chi connectivity index (χ3n) is 2.61. The SMILES string of the molecule is CCn1cc(COC(=O)c2ccc(Cl)cc2N)cn1. The lowest BCUT2D eigenvalue weighted by molar-refractivity contribution is 0.0474. The molecule has 1 aromatic carbocycles. The average molecular weight is 280 g/mol. The van der Waals surface area contributed by atoms with E-state index in [0.717, 1.165) is 12.1 Å². The number of carbonyl (C=O) groups excluding carboxylic acids is 1. The number of nitrogens with zero attached hydrogens (tertiary/aromatic N) is 2. The fourth-order valence-electron chi connectivity index (χ4n) is 1.60. The number of rotatable bonds is 4. The van der Waals surface area contributed by atoms with Crippen LogP contribution in [-0.2, 0) is 17.9 Å². The first kappa shape index (κ1) is 13.4. The Morgan fingerprint density at radius 2 is 2.32 bits per heavy atom. The van der Waals surface area contributed by atoms with Crippen LogP contribution < -0.4 is 5.73 Å². The van der Waals surface area contributed by atoms with Gasteiger partial charge >= 0.3 is 5.97 Å². The van der Waals surface area contributed by atoms with Gasteiger partial charge in [-0.1, -0.05) is 11.6 Å². The highest BCUT2D eigenvalue weighted by Gasteiger charge is 2.12. The van der Waals surface area contributed by atoms with Gasteiger partial charge in [-0.15, -0.1) is 0 Å². The number of benzene rings is 1. The van der Waals surface area contributed by atoms with Crippen molar-refractivity contribution in [3.8, 4) is 0 Å². The summed E-state index contributed by atoms with van der Waals surface area (Å²) in [6, 6.07) is 4.67. The van der Waals surface area contributed by atoms with Crippen molar-refractivity contribution in [2.75, 3.05) is 5.73 Å². The van der Waals surface area contributed by atoms with E-state index in [9.17, 15) is 4.79 Å². The third kappa shape index (κ3) is 3.26. The van der Waals surface area contributed by atoms with Crippen LogP contribution in [0.3, 0.4) is 0 Å². The molecule has 2 aromatic rings. The Labute approximate surface area is 115 Å². The van der Waals surface area contributed by atoms with Crippen LogP contribution in [0.4, 0.5) is 5.69 Å². The Morgan fingerprint density at radius 1 is 1.53 bits per heavy atom. The molecule has 0 aliphatic carbocycles. The standard InChI is InChI=1S/C13H14ClN3O2/c1-2-17-7-9(6-16-17)8-19-13(18)11-4-3-10(14)5-12(11)15/h3-7H,2,8,15H2,1H3. The first-order chi connectivity index (χ1) is 9.10. The Morgan fingerprint density at radius 3 is 2.95 bits per heavy atom. The highest BCUT2D eigenvalue weighted by Crippen LogP contribution is 2.19. The normalized spacial score (nSPS) is 10.4. The quantitative estimate of drug-likeness (QED) is 0.689. The highest BCUT2D eigenvalue weighted by molar-refractivity contribution is 6.31. The van der Waals surface area contributed by atoms with Crippen LogP contribution in [0.25, 0.3) is 0 Å². The second kappa shape index (κ2) is 5.75. The van der Waals surface area contributed by atoms with Crippen molar-refractivity contribution < 1.29 is 9.53 Å². The maximum absolute atomic E-state index is 11.9. The lowest BCUT2D eigenvalue weighted by Gasteiger charge is -2.06. The first-order valence-electron chi connectivity index (χ1n) is 5.83. The van der Waals surface area contributed by atoms with Gasteiger partial charge < -0.3 is 10.5 Å². The summed E-state index contributed by atoms with van der Waals surface area (Å²) < 4.78 is 6.94. The van der Waals surface area contributed by atoms with Gasteiger partial charge in [0, 0.05) is 29.0 Å². The molecule has 0 saturated heterocycles. The van der Waals surface area contributed by atoms with E-state index in [2.05, 4.69) is 5.10 Å². The zero-order chi connectivity index (χ0) is 13.8. The molecule has 0 atom stereocenters. The molecule has 1 aromatic heterocycles. The number of nitrogens with two attached hydrogens (primary N) is 1. The third-order valence-corrected chi connectivity index (χ3v) is 2.85. The molecule has 0 amide bonds. The molecule has 0 aliphatic heterocycles. The summed E-state index contributed by atoms with van der Waals surface area (Å²) in [6.07, 6.45) is 3.50. The molecular weight excluding hydrogens is 266 g/mol.